The van der Waals surface area contributed by atoms with Crippen molar-refractivity contribution >= 4 is 17.5 Å². The highest BCUT2D eigenvalue weighted by atomic mass is 16.5. The monoisotopic (exact) mass is 386 g/mol. The van der Waals surface area contributed by atoms with Crippen molar-refractivity contribution < 1.29 is 23.9 Å². The third-order valence-electron chi connectivity index (χ3n) is 9.04. The zero-order valence-electron chi connectivity index (χ0n) is 16.9. The van der Waals surface area contributed by atoms with Gasteiger partial charge in [-0.05, 0) is 60.8 Å². The van der Waals surface area contributed by atoms with Gasteiger partial charge in [0.1, 0.15) is 12.4 Å². The molecular weight excluding hydrogens is 356 g/mol. The van der Waals surface area contributed by atoms with Crippen molar-refractivity contribution in [1.29, 1.82) is 0 Å². The molecule has 0 spiro atoms. The summed E-state index contributed by atoms with van der Waals surface area (Å²) in [6.07, 6.45) is 7.33. The van der Waals surface area contributed by atoms with Gasteiger partial charge in [-0.15, -0.1) is 0 Å². The minimum absolute atomic E-state index is 0.00261. The van der Waals surface area contributed by atoms with E-state index in [1.807, 2.05) is 0 Å². The van der Waals surface area contributed by atoms with Crippen molar-refractivity contribution in [2.75, 3.05) is 13.2 Å². The average Bonchev–Trinajstić information content (AvgIpc) is 3.14. The maximum Gasteiger partial charge on any atom is 0.303 e. The van der Waals surface area contributed by atoms with Crippen LogP contribution in [0.15, 0.2) is 11.3 Å². The van der Waals surface area contributed by atoms with Gasteiger partial charge in [-0.25, -0.2) is 0 Å². The van der Waals surface area contributed by atoms with Crippen LogP contribution in [0.1, 0.15) is 65.2 Å². The van der Waals surface area contributed by atoms with Crippen LogP contribution in [0.2, 0.25) is 0 Å². The fraction of sp³-hybridized carbons (Fsp3) is 0.783. The van der Waals surface area contributed by atoms with Gasteiger partial charge in [-0.1, -0.05) is 6.92 Å². The predicted molar refractivity (Wildman–Crippen MR) is 101 cm³/mol. The summed E-state index contributed by atoms with van der Waals surface area (Å²) in [6, 6.07) is 0. The first kappa shape index (κ1) is 18.4. The van der Waals surface area contributed by atoms with Gasteiger partial charge in [-0.2, -0.15) is 0 Å². The quantitative estimate of drug-likeness (QED) is 0.693. The summed E-state index contributed by atoms with van der Waals surface area (Å²) in [4.78, 5) is 36.0. The number of ether oxygens (including phenoxy) is 2. The molecule has 0 N–H and O–H groups in total. The van der Waals surface area contributed by atoms with Crippen LogP contribution in [0.3, 0.4) is 0 Å². The van der Waals surface area contributed by atoms with Crippen molar-refractivity contribution in [1.82, 2.24) is 0 Å². The molecule has 0 aromatic carbocycles. The highest BCUT2D eigenvalue weighted by Gasteiger charge is 2.64. The molecule has 0 aromatic rings. The third kappa shape index (κ3) is 2.40. The van der Waals surface area contributed by atoms with Gasteiger partial charge in [0.25, 0.3) is 0 Å². The fourth-order valence-electron chi connectivity index (χ4n) is 7.79. The van der Waals surface area contributed by atoms with Crippen LogP contribution in [-0.2, 0) is 23.9 Å². The van der Waals surface area contributed by atoms with Crippen molar-refractivity contribution in [2.45, 2.75) is 65.2 Å². The van der Waals surface area contributed by atoms with Crippen LogP contribution in [0.5, 0.6) is 0 Å². The number of fused-ring (bicyclic) bond motifs is 3. The predicted octanol–water partition coefficient (Wildman–Crippen LogP) is 3.60. The van der Waals surface area contributed by atoms with Crippen LogP contribution >= 0.6 is 0 Å². The summed E-state index contributed by atoms with van der Waals surface area (Å²) in [6.45, 7) is 4.34. The lowest BCUT2D eigenvalue weighted by Gasteiger charge is -2.55. The Hall–Kier alpha value is -1.65. The summed E-state index contributed by atoms with van der Waals surface area (Å²) < 4.78 is 11.2. The Morgan fingerprint density at radius 2 is 2.00 bits per heavy atom. The summed E-state index contributed by atoms with van der Waals surface area (Å²) in [5.74, 6) is 2.83. The normalized spacial score (nSPS) is 43.7. The second-order valence-corrected chi connectivity index (χ2v) is 10.1. The van der Waals surface area contributed by atoms with Gasteiger partial charge in [0, 0.05) is 37.5 Å². The molecule has 0 aromatic heterocycles. The smallest absolute Gasteiger partial charge is 0.303 e. The van der Waals surface area contributed by atoms with E-state index in [2.05, 4.69) is 6.92 Å². The van der Waals surface area contributed by atoms with Gasteiger partial charge in [0.15, 0.2) is 5.78 Å². The molecule has 5 aliphatic rings. The van der Waals surface area contributed by atoms with Gasteiger partial charge in [0.2, 0.25) is 0 Å². The van der Waals surface area contributed by atoms with Crippen LogP contribution in [0.4, 0.5) is 0 Å². The minimum Gasteiger partial charge on any atom is -0.497 e. The Morgan fingerprint density at radius 3 is 2.79 bits per heavy atom. The summed E-state index contributed by atoms with van der Waals surface area (Å²) >= 11 is 0. The van der Waals surface area contributed by atoms with E-state index in [-0.39, 0.29) is 35.1 Å². The largest absolute Gasteiger partial charge is 0.497 e. The van der Waals surface area contributed by atoms with E-state index in [1.54, 1.807) is 0 Å². The zero-order valence-corrected chi connectivity index (χ0v) is 16.9. The topological polar surface area (TPSA) is 69.7 Å². The van der Waals surface area contributed by atoms with Crippen molar-refractivity contribution in [3.63, 3.8) is 0 Å². The first-order chi connectivity index (χ1) is 13.3. The number of allylic oxidation sites excluding steroid dienone is 1. The molecule has 1 aliphatic heterocycles. The first-order valence-electron chi connectivity index (χ1n) is 10.9. The molecule has 5 rings (SSSR count). The van der Waals surface area contributed by atoms with Gasteiger partial charge >= 0.3 is 5.97 Å². The lowest BCUT2D eigenvalue weighted by molar-refractivity contribution is -0.149. The van der Waals surface area contributed by atoms with Crippen LogP contribution in [-0.4, -0.2) is 30.7 Å². The molecule has 152 valence electrons. The van der Waals surface area contributed by atoms with Crippen molar-refractivity contribution in [3.8, 4) is 0 Å². The average molecular weight is 386 g/mol. The Morgan fingerprint density at radius 1 is 1.18 bits per heavy atom. The lowest BCUT2D eigenvalue weighted by Crippen LogP contribution is -2.51. The number of carbonyl (C=O) groups excluding carboxylic acids is 3. The SMILES string of the molecule is CC(=O)OCC(=O)[C@H]1CCC2C3CC4=C5CC(=O)CC[C@]5(CO4)C3CC[C@@]21C. The standard InChI is InChI=1S/C23H30O5/c1-13(24)27-11-20(26)18-4-3-16-15-10-21-19-9-14(25)5-8-23(19,12-28-21)17(15)6-7-22(16,18)2/h15-18H,3-12H2,1-2H3/t15?,16?,17?,18-,22+,23+/m1/s1. The summed E-state index contributed by atoms with van der Waals surface area (Å²) in [5, 5.41) is 0. The van der Waals surface area contributed by atoms with E-state index in [4.69, 9.17) is 9.47 Å². The molecule has 4 aliphatic carbocycles. The van der Waals surface area contributed by atoms with Crippen LogP contribution in [0.25, 0.3) is 0 Å². The number of rotatable bonds is 3. The van der Waals surface area contributed by atoms with Gasteiger partial charge in [-0.3, -0.25) is 14.4 Å². The number of hydrogen-bond donors (Lipinski definition) is 0. The maximum absolute atomic E-state index is 12.8. The molecule has 1 heterocycles. The molecule has 0 radical (unpaired) electrons. The number of hydrogen-bond acceptors (Lipinski definition) is 5. The highest BCUT2D eigenvalue weighted by molar-refractivity contribution is 5.85. The molecule has 0 saturated heterocycles. The summed E-state index contributed by atoms with van der Waals surface area (Å²) in [7, 11) is 0. The Kier molecular flexibility index (Phi) is 4.05. The molecular formula is C23H30O5. The number of ketones is 2. The van der Waals surface area contributed by atoms with E-state index in [0.29, 0.717) is 36.4 Å². The second-order valence-electron chi connectivity index (χ2n) is 10.1. The van der Waals surface area contributed by atoms with Crippen LogP contribution in [0, 0.1) is 34.5 Å². The lowest BCUT2D eigenvalue weighted by atomic mass is 9.47. The van der Waals surface area contributed by atoms with Gasteiger partial charge < -0.3 is 9.47 Å². The Balaban J connectivity index is 1.42. The molecule has 6 atom stereocenters. The molecule has 2 bridgehead atoms. The van der Waals surface area contributed by atoms with E-state index in [9.17, 15) is 14.4 Å². The van der Waals surface area contributed by atoms with Gasteiger partial charge in [0.05, 0.1) is 12.4 Å². The van der Waals surface area contributed by atoms with E-state index in [0.717, 1.165) is 50.9 Å². The molecule has 3 unspecified atom stereocenters. The molecule has 3 fully saturated rings. The number of esters is 1. The third-order valence-corrected chi connectivity index (χ3v) is 9.04. The Labute approximate surface area is 166 Å². The fourth-order valence-corrected chi connectivity index (χ4v) is 7.79. The molecule has 5 nitrogen and oxygen atoms in total. The summed E-state index contributed by atoms with van der Waals surface area (Å²) in [5.41, 5.74) is 1.42. The Bertz CT molecular complexity index is 782. The van der Waals surface area contributed by atoms with Crippen molar-refractivity contribution in [2.24, 2.45) is 34.5 Å². The zero-order chi connectivity index (χ0) is 19.7. The molecule has 0 amide bonds. The highest BCUT2D eigenvalue weighted by Crippen LogP contribution is 2.69. The molecule has 3 saturated carbocycles. The van der Waals surface area contributed by atoms with Crippen molar-refractivity contribution in [3.05, 3.63) is 11.3 Å². The second kappa shape index (κ2) is 6.17. The van der Waals surface area contributed by atoms with E-state index < -0.39 is 0 Å². The molecule has 5 heteroatoms. The molecule has 28 heavy (non-hydrogen) atoms. The maximum atomic E-state index is 12.8. The van der Waals surface area contributed by atoms with E-state index in [1.165, 1.54) is 12.5 Å². The minimum atomic E-state index is -0.386. The first-order valence-corrected chi connectivity index (χ1v) is 10.9. The van der Waals surface area contributed by atoms with Crippen LogP contribution < -0.4 is 0 Å². The van der Waals surface area contributed by atoms with E-state index >= 15 is 0 Å². The number of carbonyl (C=O) groups is 3. The number of Topliss-reactive ketones (excluding diaryl/α,β-unsaturated/α-hetero) is 2.